The summed E-state index contributed by atoms with van der Waals surface area (Å²) in [5.74, 6) is 0.436. The number of nitrogens with two attached hydrogens (primary N) is 1. The number of nitrogen functional groups attached to an aromatic ring is 1. The lowest BCUT2D eigenvalue weighted by Gasteiger charge is -2.17. The van der Waals surface area contributed by atoms with E-state index in [4.69, 9.17) is 5.73 Å². The van der Waals surface area contributed by atoms with Gasteiger partial charge in [-0.25, -0.2) is 4.68 Å². The number of nitrogens with zero attached hydrogens (tertiary/aromatic N) is 4. The normalized spacial score (nSPS) is 28.1. The lowest BCUT2D eigenvalue weighted by Crippen LogP contribution is -2.19. The number of tetrazole rings is 1. The molecule has 1 aromatic rings. The minimum atomic E-state index is 0.394. The van der Waals surface area contributed by atoms with Crippen molar-refractivity contribution in [3.05, 3.63) is 0 Å². The molecule has 2 unspecified atom stereocenters. The molecule has 0 aromatic carbocycles. The highest BCUT2D eigenvalue weighted by Gasteiger charge is 2.30. The highest BCUT2D eigenvalue weighted by Crippen LogP contribution is 2.37. The van der Waals surface area contributed by atoms with Crippen LogP contribution in [0.4, 0.5) is 5.95 Å². The van der Waals surface area contributed by atoms with E-state index < -0.39 is 0 Å². The molecule has 0 spiro atoms. The van der Waals surface area contributed by atoms with Crippen molar-refractivity contribution in [3.63, 3.8) is 0 Å². The molecule has 2 N–H and O–H groups in total. The Morgan fingerprint density at radius 1 is 1.54 bits per heavy atom. The van der Waals surface area contributed by atoms with Gasteiger partial charge in [-0.15, -0.1) is 0 Å². The second-order valence-corrected chi connectivity index (χ2v) is 4.33. The third kappa shape index (κ3) is 1.50. The Bertz CT molecular complexity index is 286. The predicted octanol–water partition coefficient (Wildman–Crippen LogP) is 0.712. The molecule has 0 radical (unpaired) electrons. The molecule has 0 aliphatic heterocycles. The van der Waals surface area contributed by atoms with Gasteiger partial charge < -0.3 is 5.73 Å². The van der Waals surface area contributed by atoms with Crippen LogP contribution in [0.25, 0.3) is 0 Å². The Balaban J connectivity index is 2.20. The van der Waals surface area contributed by atoms with Crippen LogP contribution in [-0.2, 0) is 0 Å². The molecule has 72 valence electrons. The zero-order chi connectivity index (χ0) is 9.26. The number of rotatable bonds is 2. The molecule has 13 heavy (non-hydrogen) atoms. The molecule has 5 nitrogen and oxygen atoms in total. The molecule has 0 bridgehead atoms. The van der Waals surface area contributed by atoms with Crippen LogP contribution in [0.2, 0.25) is 0 Å². The lowest BCUT2D eigenvalue weighted by molar-refractivity contribution is 0.468. The molecule has 1 heterocycles. The zero-order valence-corrected chi connectivity index (χ0v) is 8.37. The topological polar surface area (TPSA) is 69.6 Å². The van der Waals surface area contributed by atoms with Gasteiger partial charge in [0.05, 0.1) is 6.04 Å². The maximum absolute atomic E-state index is 5.65. The van der Waals surface area contributed by atoms with Crippen LogP contribution in [0.15, 0.2) is 0 Å². The molecule has 1 saturated carbocycles. The summed E-state index contributed by atoms with van der Waals surface area (Å²) >= 11 is 1.88. The Morgan fingerprint density at radius 3 is 3.00 bits per heavy atom. The van der Waals surface area contributed by atoms with E-state index in [9.17, 15) is 0 Å². The first-order valence-electron chi connectivity index (χ1n) is 4.39. The molecule has 1 aromatic heterocycles. The van der Waals surface area contributed by atoms with Crippen molar-refractivity contribution < 1.29 is 0 Å². The summed E-state index contributed by atoms with van der Waals surface area (Å²) < 4.78 is 1.76. The summed E-state index contributed by atoms with van der Waals surface area (Å²) in [6.07, 6.45) is 5.75. The van der Waals surface area contributed by atoms with Gasteiger partial charge in [-0.3, -0.25) is 0 Å². The summed E-state index contributed by atoms with van der Waals surface area (Å²) in [7, 11) is 0. The van der Waals surface area contributed by atoms with Gasteiger partial charge in [0.2, 0.25) is 5.95 Å². The van der Waals surface area contributed by atoms with Crippen molar-refractivity contribution >= 4 is 17.7 Å². The fraction of sp³-hybridized carbons (Fsp3) is 0.857. The minimum Gasteiger partial charge on any atom is -0.367 e. The minimum absolute atomic E-state index is 0.394. The van der Waals surface area contributed by atoms with Gasteiger partial charge in [0, 0.05) is 5.25 Å². The fourth-order valence-electron chi connectivity index (χ4n) is 1.90. The monoisotopic (exact) mass is 199 g/mol. The van der Waals surface area contributed by atoms with E-state index in [-0.39, 0.29) is 0 Å². The molecule has 6 heteroatoms. The third-order valence-electron chi connectivity index (χ3n) is 2.55. The molecular weight excluding hydrogens is 186 g/mol. The van der Waals surface area contributed by atoms with Crippen molar-refractivity contribution in [1.29, 1.82) is 0 Å². The second-order valence-electron chi connectivity index (χ2n) is 3.25. The van der Waals surface area contributed by atoms with Crippen molar-refractivity contribution in [2.75, 3.05) is 12.0 Å². The van der Waals surface area contributed by atoms with Crippen LogP contribution in [0.3, 0.4) is 0 Å². The smallest absolute Gasteiger partial charge is 0.240 e. The van der Waals surface area contributed by atoms with E-state index in [1.807, 2.05) is 11.8 Å². The number of aromatic nitrogens is 4. The van der Waals surface area contributed by atoms with Crippen LogP contribution in [0, 0.1) is 0 Å². The highest BCUT2D eigenvalue weighted by molar-refractivity contribution is 7.99. The molecule has 1 aliphatic carbocycles. The van der Waals surface area contributed by atoms with Gasteiger partial charge in [0.15, 0.2) is 0 Å². The second kappa shape index (κ2) is 3.53. The predicted molar refractivity (Wildman–Crippen MR) is 52.4 cm³/mol. The molecule has 0 saturated heterocycles. The first-order valence-corrected chi connectivity index (χ1v) is 5.68. The van der Waals surface area contributed by atoms with E-state index in [0.29, 0.717) is 17.2 Å². The molecule has 2 atom stereocenters. The van der Waals surface area contributed by atoms with E-state index in [0.717, 1.165) is 6.42 Å². The summed E-state index contributed by atoms with van der Waals surface area (Å²) in [5, 5.41) is 11.8. The highest BCUT2D eigenvalue weighted by atomic mass is 32.2. The van der Waals surface area contributed by atoms with Crippen molar-refractivity contribution in [2.24, 2.45) is 0 Å². The Labute approximate surface area is 81.1 Å². The molecular formula is C7H13N5S. The molecule has 2 rings (SSSR count). The molecule has 1 aliphatic rings. The first kappa shape index (κ1) is 8.80. The van der Waals surface area contributed by atoms with Gasteiger partial charge >= 0.3 is 0 Å². The average molecular weight is 199 g/mol. The summed E-state index contributed by atoms with van der Waals surface area (Å²) in [5.41, 5.74) is 5.65. The Hall–Kier alpha value is -0.780. The van der Waals surface area contributed by atoms with Gasteiger partial charge in [-0.2, -0.15) is 11.8 Å². The van der Waals surface area contributed by atoms with Crippen LogP contribution in [0.5, 0.6) is 0 Å². The number of anilines is 1. The number of thioether (sulfide) groups is 1. The van der Waals surface area contributed by atoms with E-state index >= 15 is 0 Å². The lowest BCUT2D eigenvalue weighted by atomic mass is 10.2. The van der Waals surface area contributed by atoms with E-state index in [1.54, 1.807) is 4.68 Å². The van der Waals surface area contributed by atoms with Crippen LogP contribution in [-0.4, -0.2) is 31.7 Å². The molecule has 0 amide bonds. The van der Waals surface area contributed by atoms with Crippen molar-refractivity contribution in [2.45, 2.75) is 30.6 Å². The molecule has 1 fully saturated rings. The summed E-state index contributed by atoms with van der Waals surface area (Å²) in [4.78, 5) is 0. The maximum atomic E-state index is 5.65. The number of hydrogen-bond acceptors (Lipinski definition) is 5. The van der Waals surface area contributed by atoms with E-state index in [1.165, 1.54) is 12.8 Å². The maximum Gasteiger partial charge on any atom is 0.240 e. The van der Waals surface area contributed by atoms with Crippen LogP contribution < -0.4 is 5.73 Å². The Kier molecular flexibility index (Phi) is 2.39. The first-order chi connectivity index (χ1) is 6.33. The third-order valence-corrected chi connectivity index (χ3v) is 3.71. The summed E-state index contributed by atoms with van der Waals surface area (Å²) in [6.45, 7) is 0. The fourth-order valence-corrected chi connectivity index (χ4v) is 2.87. The Morgan fingerprint density at radius 2 is 2.38 bits per heavy atom. The van der Waals surface area contributed by atoms with Crippen molar-refractivity contribution in [3.8, 4) is 0 Å². The van der Waals surface area contributed by atoms with Gasteiger partial charge in [-0.1, -0.05) is 11.5 Å². The van der Waals surface area contributed by atoms with E-state index in [2.05, 4.69) is 21.8 Å². The van der Waals surface area contributed by atoms with Crippen LogP contribution >= 0.6 is 11.8 Å². The van der Waals surface area contributed by atoms with Gasteiger partial charge in [-0.05, 0) is 29.5 Å². The van der Waals surface area contributed by atoms with Gasteiger partial charge in [0.1, 0.15) is 0 Å². The average Bonchev–Trinajstić information content (AvgIpc) is 2.71. The quantitative estimate of drug-likeness (QED) is 0.759. The largest absolute Gasteiger partial charge is 0.367 e. The summed E-state index contributed by atoms with van der Waals surface area (Å²) in [6, 6.07) is 0.394. The SMILES string of the molecule is CSC1CCCC1n1nnnc1N. The van der Waals surface area contributed by atoms with Crippen molar-refractivity contribution in [1.82, 2.24) is 20.2 Å². The zero-order valence-electron chi connectivity index (χ0n) is 7.55. The van der Waals surface area contributed by atoms with Crippen LogP contribution in [0.1, 0.15) is 25.3 Å². The number of hydrogen-bond donors (Lipinski definition) is 1. The van der Waals surface area contributed by atoms with Gasteiger partial charge in [0.25, 0.3) is 0 Å². The standard InChI is InChI=1S/C7H13N5S/c1-13-6-4-2-3-5(6)12-7(8)9-10-11-12/h5-6H,2-4H2,1H3,(H2,8,9,11).